The third kappa shape index (κ3) is 6.32. The van der Waals surface area contributed by atoms with Crippen LogP contribution < -0.4 is 15.4 Å². The molecule has 2 saturated heterocycles. The van der Waals surface area contributed by atoms with Gasteiger partial charge in [-0.05, 0) is 37.5 Å². The number of rotatable bonds is 8. The fraction of sp³-hybridized carbons (Fsp3) is 0.682. The second kappa shape index (κ2) is 11.4. The molecule has 2 fully saturated rings. The number of benzene rings is 1. The predicted octanol–water partition coefficient (Wildman–Crippen LogP) is 1.63. The molecule has 7 nitrogen and oxygen atoms in total. The quantitative estimate of drug-likeness (QED) is 0.507. The number of hydrogen-bond acceptors (Lipinski definition) is 5. The lowest BCUT2D eigenvalue weighted by Crippen LogP contribution is -2.45. The van der Waals surface area contributed by atoms with Gasteiger partial charge < -0.3 is 24.8 Å². The SMILES string of the molecule is CCNC(=NCC1(c2ccc(OC)cc2)CCOCC1)NCCN1CCOCC1. The first-order valence-corrected chi connectivity index (χ1v) is 10.8. The first-order chi connectivity index (χ1) is 14.3. The van der Waals surface area contributed by atoms with E-state index >= 15 is 0 Å². The van der Waals surface area contributed by atoms with E-state index in [0.717, 1.165) is 90.2 Å². The molecule has 1 aromatic carbocycles. The summed E-state index contributed by atoms with van der Waals surface area (Å²) in [4.78, 5) is 7.40. The van der Waals surface area contributed by atoms with E-state index in [2.05, 4.69) is 34.6 Å². The van der Waals surface area contributed by atoms with E-state index in [9.17, 15) is 0 Å². The van der Waals surface area contributed by atoms with E-state index in [-0.39, 0.29) is 5.41 Å². The zero-order valence-corrected chi connectivity index (χ0v) is 17.9. The summed E-state index contributed by atoms with van der Waals surface area (Å²) >= 11 is 0. The number of methoxy groups -OCH3 is 1. The normalized spacial score (nSPS) is 20.3. The van der Waals surface area contributed by atoms with Gasteiger partial charge in [-0.15, -0.1) is 0 Å². The van der Waals surface area contributed by atoms with Crippen LogP contribution in [-0.2, 0) is 14.9 Å². The van der Waals surface area contributed by atoms with Crippen molar-refractivity contribution in [1.82, 2.24) is 15.5 Å². The second-order valence-electron chi connectivity index (χ2n) is 7.70. The van der Waals surface area contributed by atoms with Gasteiger partial charge in [0, 0.05) is 51.4 Å². The van der Waals surface area contributed by atoms with Crippen molar-refractivity contribution >= 4 is 5.96 Å². The molecule has 2 N–H and O–H groups in total. The Kier molecular flexibility index (Phi) is 8.58. The van der Waals surface area contributed by atoms with Gasteiger partial charge in [-0.2, -0.15) is 0 Å². The molecule has 1 aromatic rings. The minimum Gasteiger partial charge on any atom is -0.497 e. The van der Waals surface area contributed by atoms with Crippen molar-refractivity contribution in [2.45, 2.75) is 25.2 Å². The van der Waals surface area contributed by atoms with Gasteiger partial charge in [0.15, 0.2) is 5.96 Å². The van der Waals surface area contributed by atoms with E-state index < -0.39 is 0 Å². The first-order valence-electron chi connectivity index (χ1n) is 10.8. The van der Waals surface area contributed by atoms with Gasteiger partial charge in [-0.25, -0.2) is 0 Å². The fourth-order valence-corrected chi connectivity index (χ4v) is 3.97. The van der Waals surface area contributed by atoms with Gasteiger partial charge in [-0.1, -0.05) is 12.1 Å². The van der Waals surface area contributed by atoms with Gasteiger partial charge >= 0.3 is 0 Å². The van der Waals surface area contributed by atoms with Crippen LogP contribution in [0.1, 0.15) is 25.3 Å². The Balaban J connectivity index is 1.64. The molecule has 29 heavy (non-hydrogen) atoms. The van der Waals surface area contributed by atoms with Crippen molar-refractivity contribution in [2.24, 2.45) is 4.99 Å². The predicted molar refractivity (Wildman–Crippen MR) is 116 cm³/mol. The van der Waals surface area contributed by atoms with Gasteiger partial charge in [0.25, 0.3) is 0 Å². The molecule has 0 aliphatic carbocycles. The highest BCUT2D eigenvalue weighted by Crippen LogP contribution is 2.36. The lowest BCUT2D eigenvalue weighted by atomic mass is 9.74. The van der Waals surface area contributed by atoms with E-state index in [1.807, 2.05) is 12.1 Å². The number of nitrogens with one attached hydrogen (secondary N) is 2. The molecule has 0 amide bonds. The Labute approximate surface area is 174 Å². The molecule has 0 saturated carbocycles. The number of guanidine groups is 1. The molecule has 2 aliphatic heterocycles. The first kappa shape index (κ1) is 21.9. The molecule has 2 aliphatic rings. The standard InChI is InChI=1S/C22H36N4O3/c1-3-23-21(24-10-11-26-12-16-29-17-13-26)25-18-22(8-14-28-15-9-22)19-4-6-20(27-2)7-5-19/h4-7H,3,8-18H2,1-2H3,(H2,23,24,25). The van der Waals surface area contributed by atoms with Crippen LogP contribution in [0.2, 0.25) is 0 Å². The highest BCUT2D eigenvalue weighted by molar-refractivity contribution is 5.79. The third-order valence-electron chi connectivity index (χ3n) is 5.86. The molecule has 7 heteroatoms. The average molecular weight is 405 g/mol. The minimum absolute atomic E-state index is 0.0110. The van der Waals surface area contributed by atoms with E-state index in [1.54, 1.807) is 7.11 Å². The Morgan fingerprint density at radius 3 is 2.41 bits per heavy atom. The van der Waals surface area contributed by atoms with Gasteiger partial charge in [-0.3, -0.25) is 9.89 Å². The number of aliphatic imine (C=N–C) groups is 1. The van der Waals surface area contributed by atoms with Crippen LogP contribution in [0.5, 0.6) is 5.75 Å². The maximum atomic E-state index is 5.66. The molecular weight excluding hydrogens is 368 g/mol. The van der Waals surface area contributed by atoms with E-state index in [4.69, 9.17) is 19.2 Å². The number of morpholine rings is 1. The molecule has 0 radical (unpaired) electrons. The van der Waals surface area contributed by atoms with Crippen LogP contribution in [0.15, 0.2) is 29.3 Å². The largest absolute Gasteiger partial charge is 0.497 e. The van der Waals surface area contributed by atoms with Crippen molar-refractivity contribution < 1.29 is 14.2 Å². The number of ether oxygens (including phenoxy) is 3. The molecule has 162 valence electrons. The van der Waals surface area contributed by atoms with Crippen molar-refractivity contribution in [1.29, 1.82) is 0 Å². The van der Waals surface area contributed by atoms with Crippen LogP contribution in [0.25, 0.3) is 0 Å². The van der Waals surface area contributed by atoms with Crippen LogP contribution in [0.3, 0.4) is 0 Å². The highest BCUT2D eigenvalue weighted by atomic mass is 16.5. The van der Waals surface area contributed by atoms with Crippen molar-refractivity contribution in [3.8, 4) is 5.75 Å². The van der Waals surface area contributed by atoms with Crippen LogP contribution in [0, 0.1) is 0 Å². The van der Waals surface area contributed by atoms with Crippen molar-refractivity contribution in [3.05, 3.63) is 29.8 Å². The molecule has 0 bridgehead atoms. The zero-order chi connectivity index (χ0) is 20.4. The van der Waals surface area contributed by atoms with Crippen LogP contribution in [-0.4, -0.2) is 83.7 Å². The Bertz CT molecular complexity index is 623. The summed E-state index contributed by atoms with van der Waals surface area (Å²) in [5, 5.41) is 6.89. The number of hydrogen-bond donors (Lipinski definition) is 2. The highest BCUT2D eigenvalue weighted by Gasteiger charge is 2.34. The van der Waals surface area contributed by atoms with Crippen LogP contribution in [0.4, 0.5) is 0 Å². The monoisotopic (exact) mass is 404 g/mol. The molecule has 0 spiro atoms. The summed E-state index contributed by atoms with van der Waals surface area (Å²) in [6.45, 7) is 10.8. The summed E-state index contributed by atoms with van der Waals surface area (Å²) in [6.07, 6.45) is 1.96. The van der Waals surface area contributed by atoms with Gasteiger partial charge in [0.2, 0.25) is 0 Å². The summed E-state index contributed by atoms with van der Waals surface area (Å²) in [7, 11) is 1.70. The van der Waals surface area contributed by atoms with Gasteiger partial charge in [0.05, 0.1) is 26.9 Å². The zero-order valence-electron chi connectivity index (χ0n) is 17.9. The maximum Gasteiger partial charge on any atom is 0.191 e. The van der Waals surface area contributed by atoms with E-state index in [1.165, 1.54) is 5.56 Å². The molecule has 0 atom stereocenters. The maximum absolute atomic E-state index is 5.66. The van der Waals surface area contributed by atoms with Crippen molar-refractivity contribution in [3.63, 3.8) is 0 Å². The smallest absolute Gasteiger partial charge is 0.191 e. The van der Waals surface area contributed by atoms with Crippen LogP contribution >= 0.6 is 0 Å². The molecule has 0 unspecified atom stereocenters. The summed E-state index contributed by atoms with van der Waals surface area (Å²) in [5.74, 6) is 1.78. The summed E-state index contributed by atoms with van der Waals surface area (Å²) in [6, 6.07) is 8.45. The van der Waals surface area contributed by atoms with E-state index in [0.29, 0.717) is 0 Å². The van der Waals surface area contributed by atoms with Gasteiger partial charge in [0.1, 0.15) is 5.75 Å². The van der Waals surface area contributed by atoms with Crippen molar-refractivity contribution in [2.75, 3.05) is 72.8 Å². The lowest BCUT2D eigenvalue weighted by molar-refractivity contribution is 0.0389. The second-order valence-corrected chi connectivity index (χ2v) is 7.70. The third-order valence-corrected chi connectivity index (χ3v) is 5.86. The molecule has 2 heterocycles. The summed E-state index contributed by atoms with van der Waals surface area (Å²) < 4.78 is 16.4. The topological polar surface area (TPSA) is 67.4 Å². The average Bonchev–Trinajstić information content (AvgIpc) is 2.79. The molecule has 0 aromatic heterocycles. The molecule has 3 rings (SSSR count). The minimum atomic E-state index is 0.0110. The Hall–Kier alpha value is -1.83. The molecular formula is C22H36N4O3. The Morgan fingerprint density at radius 1 is 1.07 bits per heavy atom. The Morgan fingerprint density at radius 2 is 1.76 bits per heavy atom. The lowest BCUT2D eigenvalue weighted by Gasteiger charge is -2.36. The summed E-state index contributed by atoms with van der Waals surface area (Å²) in [5.41, 5.74) is 1.33. The fourth-order valence-electron chi connectivity index (χ4n) is 3.97. The number of nitrogens with zero attached hydrogens (tertiary/aromatic N) is 2.